The Morgan fingerprint density at radius 1 is 1.25 bits per heavy atom. The van der Waals surface area contributed by atoms with E-state index in [2.05, 4.69) is 31.5 Å². The third-order valence-electron chi connectivity index (χ3n) is 7.27. The Kier molecular flexibility index (Phi) is 5.76. The fraction of sp³-hybridized carbons (Fsp3) is 0.500. The van der Waals surface area contributed by atoms with E-state index in [-0.39, 0.29) is 18.0 Å². The molecule has 7 nitrogen and oxygen atoms in total. The molecule has 1 aliphatic heterocycles. The third kappa shape index (κ3) is 4.18. The van der Waals surface area contributed by atoms with E-state index >= 15 is 0 Å². The number of carbonyl (C=O) groups is 1. The number of anilines is 1. The molecule has 2 aromatic heterocycles. The van der Waals surface area contributed by atoms with E-state index in [9.17, 15) is 4.79 Å². The van der Waals surface area contributed by atoms with Gasteiger partial charge in [0.05, 0.1) is 12.4 Å². The summed E-state index contributed by atoms with van der Waals surface area (Å²) in [5.74, 6) is 0.840. The molecule has 3 heterocycles. The van der Waals surface area contributed by atoms with Gasteiger partial charge in [0.1, 0.15) is 17.0 Å². The van der Waals surface area contributed by atoms with Gasteiger partial charge in [-0.05, 0) is 62.7 Å². The van der Waals surface area contributed by atoms with Crippen molar-refractivity contribution >= 4 is 23.3 Å². The van der Waals surface area contributed by atoms with Crippen molar-refractivity contribution in [3.8, 4) is 0 Å². The van der Waals surface area contributed by atoms with Gasteiger partial charge in [-0.2, -0.15) is 15.0 Å². The molecule has 1 amide bonds. The summed E-state index contributed by atoms with van der Waals surface area (Å²) in [6.07, 6.45) is 14.2. The first kappa shape index (κ1) is 21.2. The molecule has 1 saturated heterocycles. The van der Waals surface area contributed by atoms with Gasteiger partial charge < -0.3 is 10.2 Å². The molecule has 1 N–H and O–H groups in total. The molecule has 168 valence electrons. The molecule has 2 aliphatic carbocycles. The molecule has 2 aromatic rings. The summed E-state index contributed by atoms with van der Waals surface area (Å²) in [7, 11) is 0. The number of rotatable bonds is 5. The second-order valence-electron chi connectivity index (χ2n) is 9.34. The highest BCUT2D eigenvalue weighted by Crippen LogP contribution is 2.51. The number of hydrogen-bond acceptors (Lipinski definition) is 5. The molecular weight excluding hydrogens is 424 g/mol. The summed E-state index contributed by atoms with van der Waals surface area (Å²) < 4.78 is 0. The van der Waals surface area contributed by atoms with Crippen LogP contribution in [0.3, 0.4) is 0 Å². The predicted molar refractivity (Wildman–Crippen MR) is 124 cm³/mol. The van der Waals surface area contributed by atoms with Crippen LogP contribution in [0.5, 0.6) is 0 Å². The smallest absolute Gasteiger partial charge is 0.252 e. The lowest BCUT2D eigenvalue weighted by atomic mass is 9.61. The van der Waals surface area contributed by atoms with Crippen LogP contribution in [0.4, 0.5) is 5.82 Å². The van der Waals surface area contributed by atoms with Crippen molar-refractivity contribution in [3.63, 3.8) is 0 Å². The third-order valence-corrected chi connectivity index (χ3v) is 7.48. The molecule has 2 atom stereocenters. The van der Waals surface area contributed by atoms with Crippen LogP contribution in [0.1, 0.15) is 51.5 Å². The largest absolute Gasteiger partial charge is 0.368 e. The van der Waals surface area contributed by atoms with E-state index in [1.165, 1.54) is 19.3 Å². The molecule has 1 saturated carbocycles. The van der Waals surface area contributed by atoms with E-state index in [0.717, 1.165) is 42.8 Å². The highest BCUT2D eigenvalue weighted by Gasteiger charge is 2.45. The minimum absolute atomic E-state index is 0.0970. The van der Waals surface area contributed by atoms with Crippen LogP contribution < -0.4 is 5.32 Å². The average molecular weight is 453 g/mol. The number of aromatic nitrogens is 4. The number of carbonyl (C=O) groups excluding carboxylic acids is 1. The van der Waals surface area contributed by atoms with Gasteiger partial charge in [-0.1, -0.05) is 35.7 Å². The molecule has 3 aliphatic rings. The van der Waals surface area contributed by atoms with Gasteiger partial charge >= 0.3 is 0 Å². The number of likely N-dealkylation sites (tertiary alicyclic amines) is 1. The maximum absolute atomic E-state index is 13.9. The van der Waals surface area contributed by atoms with Gasteiger partial charge in [0.25, 0.3) is 5.91 Å². The monoisotopic (exact) mass is 452 g/mol. The second-order valence-corrected chi connectivity index (χ2v) is 9.72. The van der Waals surface area contributed by atoms with Crippen LogP contribution in [-0.2, 0) is 4.79 Å². The van der Waals surface area contributed by atoms with Crippen LogP contribution in [0, 0.1) is 5.41 Å². The minimum Gasteiger partial charge on any atom is -0.368 e. The fourth-order valence-electron chi connectivity index (χ4n) is 5.36. The number of allylic oxidation sites excluding steroid dienone is 3. The van der Waals surface area contributed by atoms with E-state index in [0.29, 0.717) is 17.1 Å². The maximum Gasteiger partial charge on any atom is 0.252 e. The topological polar surface area (TPSA) is 75.9 Å². The van der Waals surface area contributed by atoms with Crippen molar-refractivity contribution in [3.05, 3.63) is 59.0 Å². The van der Waals surface area contributed by atoms with E-state index in [1.54, 1.807) is 23.3 Å². The van der Waals surface area contributed by atoms with Gasteiger partial charge in [-0.15, -0.1) is 0 Å². The minimum atomic E-state index is -0.163. The quantitative estimate of drug-likeness (QED) is 0.679. The molecule has 5 rings (SSSR count). The lowest BCUT2D eigenvalue weighted by molar-refractivity contribution is -0.134. The van der Waals surface area contributed by atoms with Gasteiger partial charge in [0.2, 0.25) is 0 Å². The van der Waals surface area contributed by atoms with Crippen molar-refractivity contribution in [2.24, 2.45) is 5.41 Å². The van der Waals surface area contributed by atoms with Crippen molar-refractivity contribution in [1.82, 2.24) is 24.9 Å². The molecule has 32 heavy (non-hydrogen) atoms. The summed E-state index contributed by atoms with van der Waals surface area (Å²) >= 11 is 6.06. The Labute approximate surface area is 193 Å². The Bertz CT molecular complexity index is 1040. The Morgan fingerprint density at radius 3 is 2.78 bits per heavy atom. The molecule has 0 bridgehead atoms. The highest BCUT2D eigenvalue weighted by molar-refractivity contribution is 6.29. The fourth-order valence-corrected chi connectivity index (χ4v) is 5.53. The van der Waals surface area contributed by atoms with E-state index in [1.807, 2.05) is 25.1 Å². The molecule has 2 fully saturated rings. The van der Waals surface area contributed by atoms with Crippen LogP contribution in [0.15, 0.2) is 53.9 Å². The lowest BCUT2D eigenvalue weighted by Crippen LogP contribution is -2.55. The molecule has 2 unspecified atom stereocenters. The van der Waals surface area contributed by atoms with Crippen molar-refractivity contribution in [2.45, 2.75) is 57.5 Å². The number of amides is 1. The first-order valence-electron chi connectivity index (χ1n) is 11.4. The summed E-state index contributed by atoms with van der Waals surface area (Å²) in [6.45, 7) is 3.49. The Hall–Kier alpha value is -2.67. The second kappa shape index (κ2) is 8.70. The highest BCUT2D eigenvalue weighted by atomic mass is 35.5. The number of halogens is 1. The standard InChI is InChI=1S/C24H29ClN6O/c1-17-6-7-20(31-27-11-12-28-31)19(14-17)23(32)30-13-10-24(8-3-9-24)15-18(30)16-26-22-5-2-4-21(25)29-22/h2,4-6,11-12,14,18,20H,3,7-10,13,15-16H2,1H3,(H,26,29). The number of hydrogen-bond donors (Lipinski definition) is 1. The zero-order valence-electron chi connectivity index (χ0n) is 18.4. The van der Waals surface area contributed by atoms with Crippen LogP contribution in [-0.4, -0.2) is 49.9 Å². The molecule has 0 aromatic carbocycles. The molecule has 1 spiro atoms. The summed E-state index contributed by atoms with van der Waals surface area (Å²) in [4.78, 5) is 22.0. The normalized spacial score (nSPS) is 24.5. The van der Waals surface area contributed by atoms with E-state index < -0.39 is 0 Å². The molecule has 8 heteroatoms. The SMILES string of the molecule is CC1=CCC(n2nccn2)C(C(=O)N2CCC3(CCC3)CC2CNc2cccc(Cl)n2)=C1. The van der Waals surface area contributed by atoms with Gasteiger partial charge in [0, 0.05) is 24.7 Å². The number of nitrogens with zero attached hydrogens (tertiary/aromatic N) is 5. The maximum atomic E-state index is 13.9. The number of nitrogens with one attached hydrogen (secondary N) is 1. The number of pyridine rings is 1. The van der Waals surface area contributed by atoms with Crippen LogP contribution in [0.2, 0.25) is 5.15 Å². The first-order chi connectivity index (χ1) is 15.5. The van der Waals surface area contributed by atoms with Crippen molar-refractivity contribution < 1.29 is 4.79 Å². The average Bonchev–Trinajstić information content (AvgIpc) is 3.31. The van der Waals surface area contributed by atoms with Crippen LogP contribution in [0.25, 0.3) is 0 Å². The molecular formula is C24H29ClN6O. The van der Waals surface area contributed by atoms with Gasteiger partial charge in [0.15, 0.2) is 0 Å². The Morgan fingerprint density at radius 2 is 2.06 bits per heavy atom. The predicted octanol–water partition coefficient (Wildman–Crippen LogP) is 4.42. The molecule has 0 radical (unpaired) electrons. The summed E-state index contributed by atoms with van der Waals surface area (Å²) in [5.41, 5.74) is 2.28. The lowest BCUT2D eigenvalue weighted by Gasteiger charge is -2.52. The van der Waals surface area contributed by atoms with Crippen molar-refractivity contribution in [1.29, 1.82) is 0 Å². The zero-order chi connectivity index (χ0) is 22.1. The van der Waals surface area contributed by atoms with Gasteiger partial charge in [-0.25, -0.2) is 4.98 Å². The zero-order valence-corrected chi connectivity index (χ0v) is 19.1. The van der Waals surface area contributed by atoms with Crippen molar-refractivity contribution in [2.75, 3.05) is 18.4 Å². The summed E-state index contributed by atoms with van der Waals surface area (Å²) in [5, 5.41) is 12.5. The Balaban J connectivity index is 1.38. The van der Waals surface area contributed by atoms with Crippen LogP contribution >= 0.6 is 11.6 Å². The number of piperidine rings is 1. The summed E-state index contributed by atoms with van der Waals surface area (Å²) in [6, 6.07) is 5.51. The van der Waals surface area contributed by atoms with E-state index in [4.69, 9.17) is 11.6 Å². The van der Waals surface area contributed by atoms with Gasteiger partial charge in [-0.3, -0.25) is 4.79 Å². The first-order valence-corrected chi connectivity index (χ1v) is 11.8.